The van der Waals surface area contributed by atoms with Crippen LogP contribution in [-0.2, 0) is 9.59 Å². The van der Waals surface area contributed by atoms with Crippen molar-refractivity contribution in [2.75, 3.05) is 0 Å². The zero-order valence-electron chi connectivity index (χ0n) is 9.41. The zero-order chi connectivity index (χ0) is 13.7. The molecule has 0 aromatic heterocycles. The lowest BCUT2D eigenvalue weighted by Crippen LogP contribution is -2.24. The summed E-state index contributed by atoms with van der Waals surface area (Å²) in [5.74, 6) is -1.80. The van der Waals surface area contributed by atoms with Crippen molar-refractivity contribution in [3.05, 3.63) is 45.6 Å². The molecule has 0 aliphatic carbocycles. The standard InChI is InChI=1S/C11H10N2O5/c1-7(14)12-10(11(15)16)6-8-2-4-9(5-3-8)13(17)18/h2-6H,1H3,(H,12,14)(H,15,16)/b10-6-. The Balaban J connectivity index is 3.01. The molecule has 0 unspecified atom stereocenters. The van der Waals surface area contributed by atoms with Gasteiger partial charge in [-0.15, -0.1) is 0 Å². The van der Waals surface area contributed by atoms with E-state index in [0.29, 0.717) is 5.56 Å². The molecule has 0 saturated carbocycles. The second-order valence-electron chi connectivity index (χ2n) is 3.39. The molecule has 2 N–H and O–H groups in total. The third-order valence-electron chi connectivity index (χ3n) is 1.96. The Morgan fingerprint density at radius 3 is 2.28 bits per heavy atom. The molecule has 1 rings (SSSR count). The van der Waals surface area contributed by atoms with E-state index in [9.17, 15) is 19.7 Å². The average molecular weight is 250 g/mol. The highest BCUT2D eigenvalue weighted by molar-refractivity contribution is 5.96. The van der Waals surface area contributed by atoms with Crippen LogP contribution in [0.25, 0.3) is 6.08 Å². The molecule has 0 bridgehead atoms. The van der Waals surface area contributed by atoms with E-state index in [-0.39, 0.29) is 11.4 Å². The van der Waals surface area contributed by atoms with Crippen molar-refractivity contribution in [1.29, 1.82) is 0 Å². The first-order chi connectivity index (χ1) is 8.40. The highest BCUT2D eigenvalue weighted by Crippen LogP contribution is 2.13. The van der Waals surface area contributed by atoms with Crippen LogP contribution in [0.4, 0.5) is 5.69 Å². The van der Waals surface area contributed by atoms with Gasteiger partial charge >= 0.3 is 5.97 Å². The molecule has 1 amide bonds. The molecule has 18 heavy (non-hydrogen) atoms. The minimum atomic E-state index is -1.29. The Bertz CT molecular complexity index is 519. The van der Waals surface area contributed by atoms with Gasteiger partial charge in [0, 0.05) is 19.1 Å². The number of hydrogen-bond donors (Lipinski definition) is 2. The van der Waals surface area contributed by atoms with Crippen LogP contribution in [0.3, 0.4) is 0 Å². The summed E-state index contributed by atoms with van der Waals surface area (Å²) < 4.78 is 0. The second kappa shape index (κ2) is 5.58. The zero-order valence-corrected chi connectivity index (χ0v) is 9.41. The fraction of sp³-hybridized carbons (Fsp3) is 0.0909. The minimum absolute atomic E-state index is 0.0939. The summed E-state index contributed by atoms with van der Waals surface area (Å²) in [5.41, 5.74) is 0.0478. The quantitative estimate of drug-likeness (QED) is 0.473. The maximum atomic E-state index is 10.8. The lowest BCUT2D eigenvalue weighted by atomic mass is 10.1. The van der Waals surface area contributed by atoms with Crippen molar-refractivity contribution in [2.45, 2.75) is 6.92 Å². The van der Waals surface area contributed by atoms with Gasteiger partial charge in [-0.3, -0.25) is 14.9 Å². The maximum absolute atomic E-state index is 10.8. The van der Waals surface area contributed by atoms with Gasteiger partial charge in [0.2, 0.25) is 5.91 Å². The highest BCUT2D eigenvalue weighted by Gasteiger charge is 2.09. The Hall–Kier alpha value is -2.70. The summed E-state index contributed by atoms with van der Waals surface area (Å²) in [7, 11) is 0. The fourth-order valence-electron chi connectivity index (χ4n) is 1.20. The number of non-ortho nitro benzene ring substituents is 1. The number of carbonyl (C=O) groups is 2. The third kappa shape index (κ3) is 3.71. The first-order valence-corrected chi connectivity index (χ1v) is 4.87. The number of rotatable bonds is 4. The van der Waals surface area contributed by atoms with Crippen molar-refractivity contribution < 1.29 is 19.6 Å². The predicted octanol–water partition coefficient (Wildman–Crippen LogP) is 1.16. The lowest BCUT2D eigenvalue weighted by molar-refractivity contribution is -0.384. The molecule has 0 saturated heterocycles. The van der Waals surface area contributed by atoms with Gasteiger partial charge in [-0.1, -0.05) is 0 Å². The van der Waals surface area contributed by atoms with Crippen LogP contribution in [0.5, 0.6) is 0 Å². The fourth-order valence-corrected chi connectivity index (χ4v) is 1.20. The van der Waals surface area contributed by atoms with Crippen molar-refractivity contribution in [3.63, 3.8) is 0 Å². The number of nitro groups is 1. The number of benzene rings is 1. The van der Waals surface area contributed by atoms with E-state index in [1.54, 1.807) is 0 Å². The molecule has 0 fully saturated rings. The molecule has 0 aliphatic rings. The maximum Gasteiger partial charge on any atom is 0.352 e. The summed E-state index contributed by atoms with van der Waals surface area (Å²) in [5, 5.41) is 21.4. The number of carboxylic acids is 1. The summed E-state index contributed by atoms with van der Waals surface area (Å²) in [6.07, 6.45) is 1.22. The molecule has 0 aliphatic heterocycles. The average Bonchev–Trinajstić information content (AvgIpc) is 2.28. The first-order valence-electron chi connectivity index (χ1n) is 4.87. The van der Waals surface area contributed by atoms with Crippen LogP contribution in [0.1, 0.15) is 12.5 Å². The van der Waals surface area contributed by atoms with Crippen molar-refractivity contribution in [1.82, 2.24) is 5.32 Å². The van der Waals surface area contributed by atoms with Gasteiger partial charge in [-0.25, -0.2) is 4.79 Å². The molecule has 0 atom stereocenters. The third-order valence-corrected chi connectivity index (χ3v) is 1.96. The summed E-state index contributed by atoms with van der Waals surface area (Å²) in [4.78, 5) is 31.5. The minimum Gasteiger partial charge on any atom is -0.477 e. The van der Waals surface area contributed by atoms with Gasteiger partial charge < -0.3 is 10.4 Å². The van der Waals surface area contributed by atoms with E-state index in [0.717, 1.165) is 0 Å². The van der Waals surface area contributed by atoms with Crippen LogP contribution in [0, 0.1) is 10.1 Å². The van der Waals surface area contributed by atoms with Crippen molar-refractivity contribution >= 4 is 23.6 Å². The van der Waals surface area contributed by atoms with Gasteiger partial charge in [-0.05, 0) is 23.8 Å². The number of amides is 1. The topological polar surface area (TPSA) is 110 Å². The van der Waals surface area contributed by atoms with E-state index in [2.05, 4.69) is 5.32 Å². The molecule has 7 nitrogen and oxygen atoms in total. The normalized spacial score (nSPS) is 10.8. The molecule has 7 heteroatoms. The van der Waals surface area contributed by atoms with Gasteiger partial charge in [0.15, 0.2) is 0 Å². The van der Waals surface area contributed by atoms with Crippen LogP contribution >= 0.6 is 0 Å². The Labute approximate surface area is 102 Å². The van der Waals surface area contributed by atoms with E-state index in [1.807, 2.05) is 0 Å². The smallest absolute Gasteiger partial charge is 0.352 e. The predicted molar refractivity (Wildman–Crippen MR) is 62.5 cm³/mol. The van der Waals surface area contributed by atoms with Crippen molar-refractivity contribution in [2.24, 2.45) is 0 Å². The Morgan fingerprint density at radius 1 is 1.33 bits per heavy atom. The SMILES string of the molecule is CC(=O)N/C(=C\c1ccc([N+](=O)[O-])cc1)C(=O)O. The van der Waals surface area contributed by atoms with E-state index in [1.165, 1.54) is 37.3 Å². The molecule has 94 valence electrons. The molecule has 0 heterocycles. The lowest BCUT2D eigenvalue weighted by Gasteiger charge is -2.02. The van der Waals surface area contributed by atoms with Crippen LogP contribution in [0.15, 0.2) is 30.0 Å². The van der Waals surface area contributed by atoms with Gasteiger partial charge in [-0.2, -0.15) is 0 Å². The monoisotopic (exact) mass is 250 g/mol. The van der Waals surface area contributed by atoms with E-state index in [4.69, 9.17) is 5.11 Å². The first kappa shape index (κ1) is 13.4. The number of carbonyl (C=O) groups excluding carboxylic acids is 1. The number of carboxylic acid groups (broad SMARTS) is 1. The largest absolute Gasteiger partial charge is 0.477 e. The van der Waals surface area contributed by atoms with Crippen LogP contribution in [0.2, 0.25) is 0 Å². The number of aliphatic carboxylic acids is 1. The van der Waals surface area contributed by atoms with E-state index >= 15 is 0 Å². The summed E-state index contributed by atoms with van der Waals surface area (Å²) in [6.45, 7) is 1.19. The van der Waals surface area contributed by atoms with Crippen LogP contribution < -0.4 is 5.32 Å². The highest BCUT2D eigenvalue weighted by atomic mass is 16.6. The van der Waals surface area contributed by atoms with Gasteiger partial charge in [0.05, 0.1) is 4.92 Å². The van der Waals surface area contributed by atoms with Gasteiger partial charge in [0.25, 0.3) is 5.69 Å². The molecular formula is C11H10N2O5. The number of nitrogens with one attached hydrogen (secondary N) is 1. The number of nitrogens with zero attached hydrogens (tertiary/aromatic N) is 1. The number of nitro benzene ring substituents is 1. The Morgan fingerprint density at radius 2 is 1.89 bits per heavy atom. The van der Waals surface area contributed by atoms with E-state index < -0.39 is 16.8 Å². The van der Waals surface area contributed by atoms with Crippen LogP contribution in [-0.4, -0.2) is 21.9 Å². The molecule has 0 spiro atoms. The molecule has 1 aromatic carbocycles. The summed E-state index contributed by atoms with van der Waals surface area (Å²) in [6, 6.07) is 5.28. The summed E-state index contributed by atoms with van der Waals surface area (Å²) >= 11 is 0. The Kier molecular flexibility index (Phi) is 4.14. The van der Waals surface area contributed by atoms with Gasteiger partial charge in [0.1, 0.15) is 5.70 Å². The van der Waals surface area contributed by atoms with Crippen molar-refractivity contribution in [3.8, 4) is 0 Å². The number of hydrogen-bond acceptors (Lipinski definition) is 4. The second-order valence-corrected chi connectivity index (χ2v) is 3.39. The molecule has 0 radical (unpaired) electrons. The molecular weight excluding hydrogens is 240 g/mol. The molecule has 1 aromatic rings.